The van der Waals surface area contributed by atoms with Crippen molar-refractivity contribution in [2.45, 2.75) is 12.3 Å². The van der Waals surface area contributed by atoms with Gasteiger partial charge < -0.3 is 9.47 Å². The van der Waals surface area contributed by atoms with E-state index < -0.39 is 5.41 Å². The van der Waals surface area contributed by atoms with Gasteiger partial charge in [0.05, 0.1) is 16.4 Å². The van der Waals surface area contributed by atoms with Gasteiger partial charge in [-0.1, -0.05) is 189 Å². The summed E-state index contributed by atoms with van der Waals surface area (Å²) in [6, 6.07) is 83.8. The largest absolute Gasteiger partial charge is 0.310 e. The maximum Gasteiger partial charge on any atom is 0.0714 e. The second kappa shape index (κ2) is 16.2. The van der Waals surface area contributed by atoms with Crippen LogP contribution < -0.4 is 4.90 Å². The van der Waals surface area contributed by atoms with Crippen molar-refractivity contribution < 1.29 is 0 Å². The third kappa shape index (κ3) is 6.34. The minimum atomic E-state index is -0.584. The average molecular weight is 819 g/mol. The summed E-state index contributed by atoms with van der Waals surface area (Å²) in [6.07, 6.45) is 6.47. The number of aromatic nitrogens is 1. The van der Waals surface area contributed by atoms with Crippen molar-refractivity contribution in [2.75, 3.05) is 4.90 Å². The molecule has 11 rings (SSSR count). The lowest BCUT2D eigenvalue weighted by atomic mass is 9.66. The Morgan fingerprint density at radius 3 is 1.56 bits per heavy atom. The van der Waals surface area contributed by atoms with Crippen LogP contribution in [0.5, 0.6) is 0 Å². The van der Waals surface area contributed by atoms with Crippen LogP contribution >= 0.6 is 0 Å². The van der Waals surface area contributed by atoms with Gasteiger partial charge in [0.2, 0.25) is 0 Å². The quantitative estimate of drug-likeness (QED) is 0.133. The molecule has 64 heavy (non-hydrogen) atoms. The number of hydrogen-bond donors (Lipinski definition) is 0. The minimum Gasteiger partial charge on any atom is -0.310 e. The summed E-state index contributed by atoms with van der Waals surface area (Å²) in [5.74, 6) is 0. The summed E-state index contributed by atoms with van der Waals surface area (Å²) in [5.41, 5.74) is 18.2. The lowest BCUT2D eigenvalue weighted by Gasteiger charge is -2.35. The Morgan fingerprint density at radius 1 is 0.453 bits per heavy atom. The zero-order valence-corrected chi connectivity index (χ0v) is 35.8. The normalized spacial score (nSPS) is 13.1. The molecule has 2 nitrogen and oxygen atoms in total. The van der Waals surface area contributed by atoms with Gasteiger partial charge in [-0.2, -0.15) is 0 Å². The van der Waals surface area contributed by atoms with Crippen molar-refractivity contribution in [3.8, 4) is 27.9 Å². The highest BCUT2D eigenvalue weighted by Crippen LogP contribution is 2.56. The van der Waals surface area contributed by atoms with Crippen LogP contribution in [-0.4, -0.2) is 4.57 Å². The highest BCUT2D eigenvalue weighted by atomic mass is 15.1. The molecule has 0 aliphatic heterocycles. The molecule has 1 aliphatic carbocycles. The molecule has 304 valence electrons. The molecule has 0 amide bonds. The van der Waals surface area contributed by atoms with E-state index in [0.29, 0.717) is 0 Å². The third-order valence-corrected chi connectivity index (χ3v) is 13.0. The highest BCUT2D eigenvalue weighted by Gasteiger charge is 2.46. The molecule has 2 heteroatoms. The average Bonchev–Trinajstić information content (AvgIpc) is 3.85. The molecule has 1 aliphatic rings. The van der Waals surface area contributed by atoms with Crippen molar-refractivity contribution in [1.29, 1.82) is 0 Å². The fourth-order valence-electron chi connectivity index (χ4n) is 10.2. The Bertz CT molecular complexity index is 3320. The summed E-state index contributed by atoms with van der Waals surface area (Å²) in [5, 5.41) is 2.49. The van der Waals surface area contributed by atoms with Gasteiger partial charge in [-0.15, -0.1) is 0 Å². The van der Waals surface area contributed by atoms with E-state index in [4.69, 9.17) is 0 Å². The number of anilines is 3. The number of allylic oxidation sites excluding steroid dienone is 5. The van der Waals surface area contributed by atoms with Crippen LogP contribution in [0, 0.1) is 0 Å². The second-order valence-corrected chi connectivity index (χ2v) is 16.5. The van der Waals surface area contributed by atoms with Gasteiger partial charge in [0.1, 0.15) is 0 Å². The first-order valence-corrected chi connectivity index (χ1v) is 22.1. The molecule has 10 aromatic rings. The van der Waals surface area contributed by atoms with Crippen molar-refractivity contribution >= 4 is 44.4 Å². The molecule has 0 saturated carbocycles. The molecule has 0 N–H and O–H groups in total. The van der Waals surface area contributed by atoms with Crippen LogP contribution in [-0.2, 0) is 5.41 Å². The van der Waals surface area contributed by atoms with Crippen LogP contribution in [0.2, 0.25) is 0 Å². The van der Waals surface area contributed by atoms with E-state index in [9.17, 15) is 0 Å². The van der Waals surface area contributed by atoms with E-state index in [-0.39, 0.29) is 0 Å². The van der Waals surface area contributed by atoms with Crippen LogP contribution in [0.3, 0.4) is 0 Å². The molecule has 1 heterocycles. The number of rotatable bonds is 10. The molecule has 0 saturated heterocycles. The Morgan fingerprint density at radius 2 is 0.953 bits per heavy atom. The highest BCUT2D eigenvalue weighted by molar-refractivity contribution is 6.10. The zero-order chi connectivity index (χ0) is 43.0. The van der Waals surface area contributed by atoms with Crippen molar-refractivity contribution in [1.82, 2.24) is 4.57 Å². The molecule has 0 atom stereocenters. The van der Waals surface area contributed by atoms with E-state index in [0.717, 1.165) is 22.7 Å². The minimum absolute atomic E-state index is 0.584. The van der Waals surface area contributed by atoms with Gasteiger partial charge >= 0.3 is 0 Å². The number of hydrogen-bond acceptors (Lipinski definition) is 1. The van der Waals surface area contributed by atoms with Crippen LogP contribution in [0.1, 0.15) is 29.2 Å². The van der Waals surface area contributed by atoms with Gasteiger partial charge in [0.15, 0.2) is 0 Å². The molecule has 0 fully saturated rings. The smallest absolute Gasteiger partial charge is 0.0714 e. The second-order valence-electron chi connectivity index (χ2n) is 16.5. The Balaban J connectivity index is 1.07. The molecule has 1 aromatic heterocycles. The predicted octanol–water partition coefficient (Wildman–Crippen LogP) is 16.5. The van der Waals surface area contributed by atoms with Gasteiger partial charge in [-0.25, -0.2) is 0 Å². The van der Waals surface area contributed by atoms with E-state index >= 15 is 0 Å². The SMILES string of the molecule is C=CC1=C(/C=C\C)c2ccc(N(c3ccc(-c4ccccc4)cc3)c3ccc(-c4ccc5c(c4)c4ccccc4n5-c4ccccc4)cc3)cc2C1(c1ccccc1)c1ccccc1. The lowest BCUT2D eigenvalue weighted by molar-refractivity contribution is 0.762. The van der Waals surface area contributed by atoms with Crippen molar-refractivity contribution in [3.63, 3.8) is 0 Å². The van der Waals surface area contributed by atoms with E-state index in [2.05, 4.69) is 272 Å². The van der Waals surface area contributed by atoms with Crippen molar-refractivity contribution in [2.24, 2.45) is 0 Å². The summed E-state index contributed by atoms with van der Waals surface area (Å²) >= 11 is 0. The standard InChI is InChI=1S/C62H46N2/c1-3-19-54-55-40-39-53(43-59(55)62(58(54)4-2,48-22-11-6-12-23-48)49-24-13-7-14-25-49)63(51-35-30-45(31-36-51)44-20-9-5-10-21-44)52-37-32-46(33-38-52)47-34-41-61-57(42-47)56-28-17-18-29-60(56)64(61)50-26-15-8-16-27-50/h3-43H,2H2,1H3/b19-3-. The first kappa shape index (κ1) is 38.7. The predicted molar refractivity (Wildman–Crippen MR) is 271 cm³/mol. The monoisotopic (exact) mass is 818 g/mol. The molecule has 0 radical (unpaired) electrons. The Hall–Kier alpha value is -8.20. The number of fused-ring (bicyclic) bond motifs is 4. The van der Waals surface area contributed by atoms with Crippen LogP contribution in [0.25, 0.3) is 55.3 Å². The van der Waals surface area contributed by atoms with Gasteiger partial charge in [-0.3, -0.25) is 0 Å². The Labute approximate surface area is 375 Å². The fourth-order valence-corrected chi connectivity index (χ4v) is 10.2. The summed E-state index contributed by atoms with van der Waals surface area (Å²) in [4.78, 5) is 2.40. The maximum atomic E-state index is 4.47. The molecule has 0 unspecified atom stereocenters. The first-order valence-electron chi connectivity index (χ1n) is 22.1. The van der Waals surface area contributed by atoms with E-state index in [1.807, 2.05) is 0 Å². The van der Waals surface area contributed by atoms with E-state index in [1.165, 1.54) is 77.5 Å². The van der Waals surface area contributed by atoms with Crippen LogP contribution in [0.4, 0.5) is 17.1 Å². The Kier molecular flexibility index (Phi) is 9.83. The fraction of sp³-hybridized carbons (Fsp3) is 0.0323. The molecular formula is C62H46N2. The maximum absolute atomic E-state index is 4.47. The number of benzene rings is 9. The zero-order valence-electron chi connectivity index (χ0n) is 35.8. The van der Waals surface area contributed by atoms with Crippen molar-refractivity contribution in [3.05, 3.63) is 283 Å². The third-order valence-electron chi connectivity index (χ3n) is 13.0. The van der Waals surface area contributed by atoms with E-state index in [1.54, 1.807) is 0 Å². The summed E-state index contributed by atoms with van der Waals surface area (Å²) in [7, 11) is 0. The van der Waals surface area contributed by atoms with Gasteiger partial charge in [0.25, 0.3) is 0 Å². The van der Waals surface area contributed by atoms with Gasteiger partial charge in [-0.05, 0) is 129 Å². The summed E-state index contributed by atoms with van der Waals surface area (Å²) in [6.45, 7) is 6.56. The summed E-state index contributed by atoms with van der Waals surface area (Å²) < 4.78 is 2.37. The van der Waals surface area contributed by atoms with Gasteiger partial charge in [0, 0.05) is 33.5 Å². The number of nitrogens with zero attached hydrogens (tertiary/aromatic N) is 2. The lowest BCUT2D eigenvalue weighted by Crippen LogP contribution is -2.29. The van der Waals surface area contributed by atoms with Crippen LogP contribution in [0.15, 0.2) is 261 Å². The molecule has 0 spiro atoms. The molecule has 0 bridgehead atoms. The topological polar surface area (TPSA) is 8.17 Å². The first-order chi connectivity index (χ1) is 31.7. The number of para-hydroxylation sites is 2. The molecule has 9 aromatic carbocycles. The molecular weight excluding hydrogens is 773 g/mol.